The van der Waals surface area contributed by atoms with Gasteiger partial charge in [-0.3, -0.25) is 0 Å². The molecule has 5 nitrogen and oxygen atoms in total. The van der Waals surface area contributed by atoms with Crippen molar-refractivity contribution in [2.75, 3.05) is 0 Å². The molecule has 160 valence electrons. The van der Waals surface area contributed by atoms with E-state index in [1.54, 1.807) is 0 Å². The molecule has 0 amide bonds. The van der Waals surface area contributed by atoms with E-state index < -0.39 is 31.8 Å². The summed E-state index contributed by atoms with van der Waals surface area (Å²) < 4.78 is 147. The summed E-state index contributed by atoms with van der Waals surface area (Å²) in [6, 6.07) is 0. The van der Waals surface area contributed by atoms with Gasteiger partial charge >= 0.3 is 54.2 Å². The average molecular weight is 606 g/mol. The number of hydrogen-bond donors (Lipinski definition) is 0. The van der Waals surface area contributed by atoms with Crippen LogP contribution in [0.1, 0.15) is 0 Å². The Bertz CT molecular complexity index is 188. The summed E-state index contributed by atoms with van der Waals surface area (Å²) >= 11 is 0. The molecule has 0 fully saturated rings. The van der Waals surface area contributed by atoms with E-state index in [2.05, 4.69) is 0 Å². The van der Waals surface area contributed by atoms with E-state index in [1.807, 2.05) is 0 Å². The summed E-state index contributed by atoms with van der Waals surface area (Å²) in [6.45, 7) is 0. The van der Waals surface area contributed by atoms with Gasteiger partial charge < -0.3 is 25.5 Å². The minimum Gasteiger partial charge on any atom is -0.771 e. The molecule has 0 unspecified atom stereocenters. The van der Waals surface area contributed by atoms with Gasteiger partial charge in [-0.05, 0) is 0 Å². The van der Waals surface area contributed by atoms with E-state index in [0.29, 0.717) is 0 Å². The second-order valence-electron chi connectivity index (χ2n) is 2.23. The quantitative estimate of drug-likeness (QED) is 0.340. The third kappa shape index (κ3) is 45700. The zero-order valence-electron chi connectivity index (χ0n) is 10.7. The Kier molecular flexibility index (Phi) is 24.1. The van der Waals surface area contributed by atoms with Crippen molar-refractivity contribution in [2.45, 2.75) is 31.8 Å². The third-order valence-corrected chi connectivity index (χ3v) is 0. The van der Waals surface area contributed by atoms with Crippen molar-refractivity contribution in [2.24, 2.45) is 0 Å². The number of halogens is 15. The van der Waals surface area contributed by atoms with Gasteiger partial charge in [-0.15, -0.1) is 0 Å². The molecule has 0 N–H and O–H groups in total. The fraction of sp³-hybridized carbons (Fsp3) is 1.00. The second-order valence-corrected chi connectivity index (χ2v) is 2.23. The van der Waals surface area contributed by atoms with Crippen molar-refractivity contribution in [3.8, 4) is 0 Å². The van der Waals surface area contributed by atoms with Crippen molar-refractivity contribution in [3.05, 3.63) is 0 Å². The van der Waals surface area contributed by atoms with Crippen molar-refractivity contribution < 1.29 is 114 Å². The first kappa shape index (κ1) is 40.2. The summed E-state index contributed by atoms with van der Waals surface area (Å²) in [7, 11) is 0. The molecule has 0 aliphatic carbocycles. The van der Waals surface area contributed by atoms with Crippen LogP contribution in [0.2, 0.25) is 0 Å². The van der Waals surface area contributed by atoms with Gasteiger partial charge in [-0.25, -0.2) is 0 Å². The number of rotatable bonds is 0. The van der Waals surface area contributed by atoms with Crippen LogP contribution in [0, 0.1) is 0 Å². The van der Waals surface area contributed by atoms with Crippen molar-refractivity contribution in [1.82, 2.24) is 0 Å². The van der Waals surface area contributed by atoms with Gasteiger partial charge in [0.1, 0.15) is 0 Å². The van der Waals surface area contributed by atoms with Crippen LogP contribution in [-0.4, -0.2) is 31.8 Å². The first-order valence-electron chi connectivity index (χ1n) is 3.86. The van der Waals surface area contributed by atoms with E-state index in [4.69, 9.17) is 25.5 Å². The van der Waals surface area contributed by atoms with E-state index in [9.17, 15) is 65.9 Å². The SMILES string of the molecule is [O-]C(F)(F)F.[O-]C(F)(F)F.[O-]C(F)(F)F.[O-]C(F)(F)F.[O-]C(F)(F)F.[Ta+5]. The van der Waals surface area contributed by atoms with E-state index in [0.717, 1.165) is 0 Å². The van der Waals surface area contributed by atoms with Crippen LogP contribution in [0.5, 0.6) is 0 Å². The van der Waals surface area contributed by atoms with E-state index in [-0.39, 0.29) is 22.4 Å². The Morgan fingerprint density at radius 2 is 0.269 bits per heavy atom. The normalized spacial score (nSPS) is 11.5. The van der Waals surface area contributed by atoms with Gasteiger partial charge in [0.25, 0.3) is 0 Å². The minimum atomic E-state index is -5.25. The van der Waals surface area contributed by atoms with Crippen LogP contribution < -0.4 is 25.5 Å². The van der Waals surface area contributed by atoms with Crippen molar-refractivity contribution >= 4 is 0 Å². The van der Waals surface area contributed by atoms with Crippen LogP contribution in [0.4, 0.5) is 65.9 Å². The van der Waals surface area contributed by atoms with Crippen LogP contribution >= 0.6 is 0 Å². The van der Waals surface area contributed by atoms with E-state index >= 15 is 0 Å². The Balaban J connectivity index is -0.0000000476. The van der Waals surface area contributed by atoms with Crippen LogP contribution in [0.3, 0.4) is 0 Å². The summed E-state index contributed by atoms with van der Waals surface area (Å²) in [5.74, 6) is 0. The summed E-state index contributed by atoms with van der Waals surface area (Å²) in [5.41, 5.74) is 0. The number of hydrogen-bond acceptors (Lipinski definition) is 5. The Hall–Kier alpha value is -0.510. The van der Waals surface area contributed by atoms with Crippen LogP contribution in [-0.2, 0) is 22.4 Å². The molecule has 26 heavy (non-hydrogen) atoms. The molecule has 0 saturated carbocycles. The fourth-order valence-electron chi connectivity index (χ4n) is 0. The molecule has 0 spiro atoms. The molecule has 0 aromatic heterocycles. The van der Waals surface area contributed by atoms with Crippen LogP contribution in [0.25, 0.3) is 0 Å². The molecule has 0 rings (SSSR count). The standard InChI is InChI=1S/5CF3O.Ta/c5*2-1(3,4)5;/q5*-1;+5. The summed E-state index contributed by atoms with van der Waals surface area (Å²) in [6.07, 6.45) is -26.2. The molecule has 0 radical (unpaired) electrons. The molecule has 0 saturated heterocycles. The Labute approximate surface area is 146 Å². The molecule has 0 heterocycles. The molecular weight excluding hydrogens is 606 g/mol. The maximum absolute atomic E-state index is 9.80. The van der Waals surface area contributed by atoms with E-state index in [1.165, 1.54) is 0 Å². The molecule has 0 aliphatic heterocycles. The monoisotopic (exact) mass is 606 g/mol. The van der Waals surface area contributed by atoms with Gasteiger partial charge in [0.15, 0.2) is 0 Å². The second kappa shape index (κ2) is 15.5. The first-order chi connectivity index (χ1) is 10.0. The third-order valence-electron chi connectivity index (χ3n) is 0. The molecular formula is C5F15O5Ta. The smallest absolute Gasteiger partial charge is 0.771 e. The van der Waals surface area contributed by atoms with Gasteiger partial charge in [-0.1, -0.05) is 0 Å². The molecule has 21 heteroatoms. The summed E-state index contributed by atoms with van der Waals surface area (Å²) in [5, 5.41) is 40.5. The Morgan fingerprint density at radius 3 is 0.269 bits per heavy atom. The topological polar surface area (TPSA) is 115 Å². The van der Waals surface area contributed by atoms with Crippen LogP contribution in [0.15, 0.2) is 0 Å². The fourth-order valence-corrected chi connectivity index (χ4v) is 0. The van der Waals surface area contributed by atoms with Gasteiger partial charge in [0.05, 0.1) is 0 Å². The van der Waals surface area contributed by atoms with Gasteiger partial charge in [0.2, 0.25) is 0 Å². The zero-order chi connectivity index (χ0) is 22.5. The number of alkyl halides is 15. The minimum absolute atomic E-state index is 0. The molecule has 0 aromatic carbocycles. The predicted octanol–water partition coefficient (Wildman–Crippen LogP) is -0.670. The maximum Gasteiger partial charge on any atom is 5.00 e. The van der Waals surface area contributed by atoms with Gasteiger partial charge in [-0.2, -0.15) is 65.9 Å². The molecule has 0 aliphatic rings. The first-order valence-corrected chi connectivity index (χ1v) is 3.86. The van der Waals surface area contributed by atoms with Crippen molar-refractivity contribution in [1.29, 1.82) is 0 Å². The largest absolute Gasteiger partial charge is 5.00 e. The maximum atomic E-state index is 9.80. The summed E-state index contributed by atoms with van der Waals surface area (Å²) in [4.78, 5) is 0. The molecule has 0 atom stereocenters. The average Bonchev–Trinajstić information content (AvgIpc) is 1.79. The predicted molar refractivity (Wildman–Crippen MR) is 30.3 cm³/mol. The van der Waals surface area contributed by atoms with Crippen molar-refractivity contribution in [3.63, 3.8) is 0 Å². The molecule has 0 aromatic rings. The Morgan fingerprint density at radius 1 is 0.269 bits per heavy atom. The molecule has 0 bridgehead atoms. The van der Waals surface area contributed by atoms with Gasteiger partial charge in [0, 0.05) is 0 Å². The zero-order valence-corrected chi connectivity index (χ0v) is 13.9.